The van der Waals surface area contributed by atoms with Gasteiger partial charge in [-0.25, -0.2) is 0 Å². The highest BCUT2D eigenvalue weighted by molar-refractivity contribution is 5.62. The van der Waals surface area contributed by atoms with Crippen LogP contribution in [-0.4, -0.2) is 16.2 Å². The maximum Gasteiger partial charge on any atom is 0.0650 e. The minimum absolute atomic E-state index is 0.530. The average molecular weight is 269 g/mol. The molecule has 0 spiro atoms. The van der Waals surface area contributed by atoms with Crippen LogP contribution in [0.15, 0.2) is 36.5 Å². The van der Waals surface area contributed by atoms with Crippen LogP contribution in [0.3, 0.4) is 0 Å². The van der Waals surface area contributed by atoms with Gasteiger partial charge in [-0.15, -0.1) is 0 Å². The van der Waals surface area contributed by atoms with Gasteiger partial charge < -0.3 is 5.32 Å². The molecule has 1 aromatic heterocycles. The minimum Gasteiger partial charge on any atom is -0.382 e. The van der Waals surface area contributed by atoms with Crippen LogP contribution >= 0.6 is 0 Å². The Hall–Kier alpha value is -1.77. The summed E-state index contributed by atoms with van der Waals surface area (Å²) >= 11 is 0. The standard InChI is InChI=1S/C17H23N3/c1-17(2)10-7-15(8-11-17)19-14-5-3-13(4-6-14)16-9-12-18-20-16/h3-6,9,12,15,19H,7-8,10-11H2,1-2H3,(H,18,20). The summed E-state index contributed by atoms with van der Waals surface area (Å²) in [4.78, 5) is 0. The van der Waals surface area contributed by atoms with E-state index in [1.165, 1.54) is 36.9 Å². The van der Waals surface area contributed by atoms with Crippen molar-refractivity contribution in [2.75, 3.05) is 5.32 Å². The summed E-state index contributed by atoms with van der Waals surface area (Å²) in [7, 11) is 0. The van der Waals surface area contributed by atoms with Crippen molar-refractivity contribution in [3.05, 3.63) is 36.5 Å². The van der Waals surface area contributed by atoms with Gasteiger partial charge in [-0.3, -0.25) is 5.10 Å². The largest absolute Gasteiger partial charge is 0.382 e. The second kappa shape index (κ2) is 5.31. The number of hydrogen-bond donors (Lipinski definition) is 2. The Balaban J connectivity index is 1.61. The lowest BCUT2D eigenvalue weighted by molar-refractivity contribution is 0.232. The molecule has 106 valence electrons. The lowest BCUT2D eigenvalue weighted by Gasteiger charge is -2.35. The Morgan fingerprint density at radius 3 is 2.40 bits per heavy atom. The van der Waals surface area contributed by atoms with Crippen molar-refractivity contribution in [1.82, 2.24) is 10.2 Å². The molecule has 0 atom stereocenters. The predicted molar refractivity (Wildman–Crippen MR) is 83.7 cm³/mol. The summed E-state index contributed by atoms with van der Waals surface area (Å²) in [5.74, 6) is 0. The molecule has 1 aliphatic rings. The summed E-state index contributed by atoms with van der Waals surface area (Å²) in [6.07, 6.45) is 6.96. The van der Waals surface area contributed by atoms with E-state index in [2.05, 4.69) is 53.6 Å². The molecule has 0 bridgehead atoms. The molecule has 0 saturated heterocycles. The van der Waals surface area contributed by atoms with Gasteiger partial charge in [0.05, 0.1) is 5.69 Å². The van der Waals surface area contributed by atoms with Crippen LogP contribution < -0.4 is 5.32 Å². The third-order valence-electron chi connectivity index (χ3n) is 4.41. The van der Waals surface area contributed by atoms with Gasteiger partial charge in [0, 0.05) is 17.9 Å². The number of nitrogens with zero attached hydrogens (tertiary/aromatic N) is 1. The Bertz CT molecular complexity index is 530. The van der Waals surface area contributed by atoms with Gasteiger partial charge >= 0.3 is 0 Å². The topological polar surface area (TPSA) is 40.7 Å². The van der Waals surface area contributed by atoms with Crippen molar-refractivity contribution in [1.29, 1.82) is 0 Å². The monoisotopic (exact) mass is 269 g/mol. The van der Waals surface area contributed by atoms with Crippen molar-refractivity contribution in [3.8, 4) is 11.3 Å². The van der Waals surface area contributed by atoms with Crippen molar-refractivity contribution < 1.29 is 0 Å². The Kier molecular flexibility index (Phi) is 3.51. The zero-order valence-corrected chi connectivity index (χ0v) is 12.3. The van der Waals surface area contributed by atoms with Crippen LogP contribution in [-0.2, 0) is 0 Å². The summed E-state index contributed by atoms with van der Waals surface area (Å²) in [5, 5.41) is 10.6. The average Bonchev–Trinajstić information content (AvgIpc) is 2.96. The van der Waals surface area contributed by atoms with Gasteiger partial charge in [0.1, 0.15) is 0 Å². The summed E-state index contributed by atoms with van der Waals surface area (Å²) in [6.45, 7) is 4.75. The quantitative estimate of drug-likeness (QED) is 0.863. The molecule has 2 aromatic rings. The van der Waals surface area contributed by atoms with Gasteiger partial charge in [-0.2, -0.15) is 5.10 Å². The molecule has 0 aliphatic heterocycles. The smallest absolute Gasteiger partial charge is 0.0650 e. The van der Waals surface area contributed by atoms with E-state index in [1.807, 2.05) is 6.07 Å². The number of benzene rings is 1. The first-order valence-corrected chi connectivity index (χ1v) is 7.49. The lowest BCUT2D eigenvalue weighted by atomic mass is 9.75. The van der Waals surface area contributed by atoms with E-state index in [-0.39, 0.29) is 0 Å². The highest BCUT2D eigenvalue weighted by Crippen LogP contribution is 2.36. The van der Waals surface area contributed by atoms with Crippen LogP contribution in [0, 0.1) is 5.41 Å². The Labute approximate surface area is 120 Å². The molecule has 3 rings (SSSR count). The SMILES string of the molecule is CC1(C)CCC(Nc2ccc(-c3ccn[nH]3)cc2)CC1. The van der Waals surface area contributed by atoms with Crippen LogP contribution in [0.1, 0.15) is 39.5 Å². The van der Waals surface area contributed by atoms with Crippen LogP contribution in [0.2, 0.25) is 0 Å². The Morgan fingerprint density at radius 2 is 1.80 bits per heavy atom. The molecule has 0 amide bonds. The molecule has 1 heterocycles. The minimum atomic E-state index is 0.530. The van der Waals surface area contributed by atoms with Crippen LogP contribution in [0.25, 0.3) is 11.3 Å². The second-order valence-electron chi connectivity index (χ2n) is 6.63. The number of H-pyrrole nitrogens is 1. The molecule has 1 aliphatic carbocycles. The highest BCUT2D eigenvalue weighted by atomic mass is 15.1. The van der Waals surface area contributed by atoms with E-state index >= 15 is 0 Å². The number of rotatable bonds is 3. The van der Waals surface area contributed by atoms with Crippen LogP contribution in [0.4, 0.5) is 5.69 Å². The van der Waals surface area contributed by atoms with Gasteiger partial charge in [0.2, 0.25) is 0 Å². The first kappa shape index (κ1) is 13.2. The molecule has 1 fully saturated rings. The normalized spacial score (nSPS) is 18.9. The third-order valence-corrected chi connectivity index (χ3v) is 4.41. The number of hydrogen-bond acceptors (Lipinski definition) is 2. The molecule has 1 saturated carbocycles. The van der Waals surface area contributed by atoms with E-state index in [1.54, 1.807) is 6.20 Å². The number of anilines is 1. The Morgan fingerprint density at radius 1 is 1.10 bits per heavy atom. The second-order valence-corrected chi connectivity index (χ2v) is 6.63. The molecular formula is C17H23N3. The fourth-order valence-electron chi connectivity index (χ4n) is 2.94. The number of nitrogens with one attached hydrogen (secondary N) is 2. The summed E-state index contributed by atoms with van der Waals surface area (Å²) < 4.78 is 0. The molecule has 0 unspecified atom stereocenters. The molecule has 0 radical (unpaired) electrons. The fraction of sp³-hybridized carbons (Fsp3) is 0.471. The van der Waals surface area contributed by atoms with E-state index in [0.29, 0.717) is 11.5 Å². The lowest BCUT2D eigenvalue weighted by Crippen LogP contribution is -2.29. The van der Waals surface area contributed by atoms with Crippen LogP contribution in [0.5, 0.6) is 0 Å². The molecule has 1 aromatic carbocycles. The maximum absolute atomic E-state index is 3.99. The van der Waals surface area contributed by atoms with Crippen molar-refractivity contribution >= 4 is 5.69 Å². The van der Waals surface area contributed by atoms with Gasteiger partial charge in [-0.1, -0.05) is 26.0 Å². The van der Waals surface area contributed by atoms with Crippen molar-refractivity contribution in [2.45, 2.75) is 45.6 Å². The summed E-state index contributed by atoms with van der Waals surface area (Å²) in [5.41, 5.74) is 4.00. The van der Waals surface area contributed by atoms with E-state index in [9.17, 15) is 0 Å². The molecule has 20 heavy (non-hydrogen) atoms. The molecular weight excluding hydrogens is 246 g/mol. The fourth-order valence-corrected chi connectivity index (χ4v) is 2.94. The van der Waals surface area contributed by atoms with E-state index in [4.69, 9.17) is 0 Å². The molecule has 3 nitrogen and oxygen atoms in total. The maximum atomic E-state index is 3.99. The number of aromatic amines is 1. The third kappa shape index (κ3) is 3.03. The first-order valence-electron chi connectivity index (χ1n) is 7.49. The molecule has 3 heteroatoms. The zero-order valence-electron chi connectivity index (χ0n) is 12.3. The molecule has 2 N–H and O–H groups in total. The zero-order chi connectivity index (χ0) is 14.0. The van der Waals surface area contributed by atoms with Gasteiger partial charge in [-0.05, 0) is 54.9 Å². The van der Waals surface area contributed by atoms with E-state index in [0.717, 1.165) is 5.69 Å². The van der Waals surface area contributed by atoms with Crippen molar-refractivity contribution in [3.63, 3.8) is 0 Å². The highest BCUT2D eigenvalue weighted by Gasteiger charge is 2.26. The number of aromatic nitrogens is 2. The van der Waals surface area contributed by atoms with E-state index < -0.39 is 0 Å². The first-order chi connectivity index (χ1) is 9.62. The van der Waals surface area contributed by atoms with Gasteiger partial charge in [0.15, 0.2) is 0 Å². The van der Waals surface area contributed by atoms with Crippen molar-refractivity contribution in [2.24, 2.45) is 5.41 Å². The predicted octanol–water partition coefficient (Wildman–Crippen LogP) is 4.46. The van der Waals surface area contributed by atoms with Gasteiger partial charge in [0.25, 0.3) is 0 Å². The summed E-state index contributed by atoms with van der Waals surface area (Å²) in [6, 6.07) is 11.2.